The second kappa shape index (κ2) is 5.22. The van der Waals surface area contributed by atoms with E-state index < -0.39 is 10.0 Å². The molecule has 108 valence electrons. The maximum absolute atomic E-state index is 12.4. The number of aryl methyl sites for hydroxylation is 3. The Labute approximate surface area is 117 Å². The lowest BCUT2D eigenvalue weighted by atomic mass is 10.3. The van der Waals surface area contributed by atoms with Crippen molar-refractivity contribution in [3.05, 3.63) is 34.8 Å². The van der Waals surface area contributed by atoms with Gasteiger partial charge in [-0.25, -0.2) is 0 Å². The highest BCUT2D eigenvalue weighted by molar-refractivity contribution is 7.92. The number of anilines is 1. The third-order valence-corrected chi connectivity index (χ3v) is 4.30. The van der Waals surface area contributed by atoms with E-state index in [-0.39, 0.29) is 11.6 Å². The van der Waals surface area contributed by atoms with E-state index in [1.165, 1.54) is 0 Å². The fraction of sp³-hybridized carbons (Fsp3) is 0.333. The third kappa shape index (κ3) is 2.66. The Morgan fingerprint density at radius 3 is 2.60 bits per heavy atom. The van der Waals surface area contributed by atoms with Gasteiger partial charge in [-0.1, -0.05) is 0 Å². The van der Waals surface area contributed by atoms with Gasteiger partial charge in [0, 0.05) is 23.5 Å². The zero-order valence-corrected chi connectivity index (χ0v) is 12.4. The average Bonchev–Trinajstić information content (AvgIpc) is 2.74. The van der Waals surface area contributed by atoms with Gasteiger partial charge in [0.05, 0.1) is 11.4 Å². The van der Waals surface area contributed by atoms with Crippen molar-refractivity contribution in [2.75, 3.05) is 4.72 Å². The molecule has 0 aliphatic carbocycles. The van der Waals surface area contributed by atoms with Gasteiger partial charge in [0.25, 0.3) is 10.0 Å². The monoisotopic (exact) mass is 295 g/mol. The Balaban J connectivity index is 2.41. The van der Waals surface area contributed by atoms with Crippen LogP contribution in [0.2, 0.25) is 0 Å². The van der Waals surface area contributed by atoms with Gasteiger partial charge in [-0.2, -0.15) is 13.5 Å². The van der Waals surface area contributed by atoms with Crippen molar-refractivity contribution in [1.82, 2.24) is 15.2 Å². The number of nitrogens with one attached hydrogen (secondary N) is 2. The molecule has 0 saturated heterocycles. The van der Waals surface area contributed by atoms with Gasteiger partial charge < -0.3 is 5.73 Å². The first-order valence-electron chi connectivity index (χ1n) is 6.06. The highest BCUT2D eigenvalue weighted by Crippen LogP contribution is 2.21. The van der Waals surface area contributed by atoms with Crippen molar-refractivity contribution in [3.63, 3.8) is 0 Å². The lowest BCUT2D eigenvalue weighted by Crippen LogP contribution is -2.17. The molecule has 0 atom stereocenters. The Bertz CT molecular complexity index is 736. The second-order valence-corrected chi connectivity index (χ2v) is 6.13. The van der Waals surface area contributed by atoms with Crippen molar-refractivity contribution < 1.29 is 8.42 Å². The number of nitrogens with two attached hydrogens (primary N) is 1. The summed E-state index contributed by atoms with van der Waals surface area (Å²) in [5.74, 6) is 0. The van der Waals surface area contributed by atoms with Crippen LogP contribution in [0.1, 0.15) is 22.6 Å². The topological polar surface area (TPSA) is 114 Å². The van der Waals surface area contributed by atoms with Crippen LogP contribution in [-0.2, 0) is 16.6 Å². The van der Waals surface area contributed by atoms with Gasteiger partial charge >= 0.3 is 0 Å². The molecule has 0 aliphatic rings. The maximum atomic E-state index is 12.4. The molecule has 8 heteroatoms. The van der Waals surface area contributed by atoms with E-state index in [9.17, 15) is 8.42 Å². The van der Waals surface area contributed by atoms with Crippen LogP contribution in [0, 0.1) is 20.8 Å². The molecule has 0 bridgehead atoms. The Hall–Kier alpha value is -1.93. The number of aromatic nitrogens is 3. The van der Waals surface area contributed by atoms with Crippen molar-refractivity contribution in [1.29, 1.82) is 0 Å². The highest BCUT2D eigenvalue weighted by atomic mass is 32.2. The van der Waals surface area contributed by atoms with Crippen LogP contribution in [0.15, 0.2) is 17.2 Å². The standard InChI is InChI=1S/C12H17N5O2S/c1-7-4-5-11(9(3)14-7)17-20(18,19)12-10(6-13)8(2)15-16-12/h4-5,17H,6,13H2,1-3H3,(H,15,16). The van der Waals surface area contributed by atoms with Crippen LogP contribution in [0.3, 0.4) is 0 Å². The van der Waals surface area contributed by atoms with Crippen LogP contribution in [-0.4, -0.2) is 23.6 Å². The fourth-order valence-corrected chi connectivity index (χ4v) is 3.21. The van der Waals surface area contributed by atoms with Crippen molar-refractivity contribution >= 4 is 15.7 Å². The summed E-state index contributed by atoms with van der Waals surface area (Å²) >= 11 is 0. The number of sulfonamides is 1. The van der Waals surface area contributed by atoms with Crippen molar-refractivity contribution in [2.24, 2.45) is 5.73 Å². The minimum absolute atomic E-state index is 0.0718. The van der Waals surface area contributed by atoms with E-state index in [2.05, 4.69) is 19.9 Å². The number of aromatic amines is 1. The van der Waals surface area contributed by atoms with E-state index in [1.54, 1.807) is 26.0 Å². The molecule has 2 heterocycles. The summed E-state index contributed by atoms with van der Waals surface area (Å²) in [5, 5.41) is 6.39. The van der Waals surface area contributed by atoms with Gasteiger partial charge in [0.15, 0.2) is 0 Å². The van der Waals surface area contributed by atoms with Crippen LogP contribution in [0.25, 0.3) is 0 Å². The molecule has 0 spiro atoms. The molecular weight excluding hydrogens is 278 g/mol. The summed E-state index contributed by atoms with van der Waals surface area (Å²) in [6.07, 6.45) is 0. The van der Waals surface area contributed by atoms with E-state index in [0.717, 1.165) is 5.69 Å². The van der Waals surface area contributed by atoms with E-state index >= 15 is 0 Å². The number of pyridine rings is 1. The lowest BCUT2D eigenvalue weighted by molar-refractivity contribution is 0.595. The molecule has 0 fully saturated rings. The first-order chi connectivity index (χ1) is 9.35. The summed E-state index contributed by atoms with van der Waals surface area (Å²) < 4.78 is 27.2. The smallest absolute Gasteiger partial charge is 0.281 e. The number of hydrogen-bond donors (Lipinski definition) is 3. The zero-order valence-electron chi connectivity index (χ0n) is 11.6. The van der Waals surface area contributed by atoms with Gasteiger partial charge in [-0.15, -0.1) is 0 Å². The molecule has 2 aromatic heterocycles. The molecule has 0 amide bonds. The zero-order chi connectivity index (χ0) is 14.9. The minimum Gasteiger partial charge on any atom is -0.326 e. The molecule has 2 rings (SSSR count). The average molecular weight is 295 g/mol. The van der Waals surface area contributed by atoms with Crippen molar-refractivity contribution in [2.45, 2.75) is 32.3 Å². The molecule has 7 nitrogen and oxygen atoms in total. The molecule has 0 unspecified atom stereocenters. The van der Waals surface area contributed by atoms with Gasteiger partial charge in [0.2, 0.25) is 5.03 Å². The first-order valence-corrected chi connectivity index (χ1v) is 7.54. The van der Waals surface area contributed by atoms with Gasteiger partial charge in [-0.05, 0) is 32.9 Å². The number of nitrogens with zero attached hydrogens (tertiary/aromatic N) is 2. The second-order valence-electron chi connectivity index (χ2n) is 4.53. The highest BCUT2D eigenvalue weighted by Gasteiger charge is 2.23. The minimum atomic E-state index is -3.78. The fourth-order valence-electron chi connectivity index (χ4n) is 1.88. The molecule has 0 aromatic carbocycles. The number of H-pyrrole nitrogens is 1. The summed E-state index contributed by atoms with van der Waals surface area (Å²) in [6, 6.07) is 3.42. The Morgan fingerprint density at radius 2 is 2.00 bits per heavy atom. The van der Waals surface area contributed by atoms with E-state index in [0.29, 0.717) is 22.6 Å². The molecule has 2 aromatic rings. The molecule has 0 aliphatic heterocycles. The Morgan fingerprint density at radius 1 is 1.30 bits per heavy atom. The summed E-state index contributed by atoms with van der Waals surface area (Å²) in [4.78, 5) is 4.22. The quantitative estimate of drug-likeness (QED) is 0.778. The SMILES string of the molecule is Cc1ccc(NS(=O)(=O)c2n[nH]c(C)c2CN)c(C)n1. The number of hydrogen-bond acceptors (Lipinski definition) is 5. The third-order valence-electron chi connectivity index (χ3n) is 2.96. The van der Waals surface area contributed by atoms with Crippen LogP contribution in [0.4, 0.5) is 5.69 Å². The predicted molar refractivity (Wildman–Crippen MR) is 75.7 cm³/mol. The summed E-state index contributed by atoms with van der Waals surface area (Å²) in [7, 11) is -3.78. The normalized spacial score (nSPS) is 11.6. The largest absolute Gasteiger partial charge is 0.326 e. The summed E-state index contributed by atoms with van der Waals surface area (Å²) in [5.41, 5.74) is 8.56. The van der Waals surface area contributed by atoms with Crippen molar-refractivity contribution in [3.8, 4) is 0 Å². The van der Waals surface area contributed by atoms with Gasteiger partial charge in [0.1, 0.15) is 0 Å². The molecule has 4 N–H and O–H groups in total. The first kappa shape index (κ1) is 14.5. The van der Waals surface area contributed by atoms with Crippen LogP contribution in [0.5, 0.6) is 0 Å². The summed E-state index contributed by atoms with van der Waals surface area (Å²) in [6.45, 7) is 5.41. The lowest BCUT2D eigenvalue weighted by Gasteiger charge is -2.09. The number of rotatable bonds is 4. The molecule has 20 heavy (non-hydrogen) atoms. The molecule has 0 radical (unpaired) electrons. The van der Waals surface area contributed by atoms with Crippen LogP contribution < -0.4 is 10.5 Å². The van der Waals surface area contributed by atoms with Gasteiger partial charge in [-0.3, -0.25) is 14.8 Å². The Kier molecular flexibility index (Phi) is 3.78. The predicted octanol–water partition coefficient (Wildman–Crippen LogP) is 0.989. The molecule has 0 saturated carbocycles. The molecular formula is C12H17N5O2S. The van der Waals surface area contributed by atoms with E-state index in [1.807, 2.05) is 6.92 Å². The maximum Gasteiger partial charge on any atom is 0.281 e. The van der Waals surface area contributed by atoms with Crippen LogP contribution >= 0.6 is 0 Å². The van der Waals surface area contributed by atoms with E-state index in [4.69, 9.17) is 5.73 Å².